The van der Waals surface area contributed by atoms with Gasteiger partial charge in [0, 0.05) is 17.6 Å². The highest BCUT2D eigenvalue weighted by molar-refractivity contribution is 6.31. The van der Waals surface area contributed by atoms with Gasteiger partial charge in [-0.2, -0.15) is 0 Å². The molecule has 1 saturated carbocycles. The lowest BCUT2D eigenvalue weighted by molar-refractivity contribution is -0.0357. The first-order chi connectivity index (χ1) is 9.69. The van der Waals surface area contributed by atoms with Crippen LogP contribution >= 0.6 is 11.6 Å². The number of benzene rings is 1. The average Bonchev–Trinajstić information content (AvgIpc) is 3.07. The van der Waals surface area contributed by atoms with Crippen LogP contribution < -0.4 is 5.32 Å². The summed E-state index contributed by atoms with van der Waals surface area (Å²) in [5.41, 5.74) is 1.41. The van der Waals surface area contributed by atoms with Crippen LogP contribution in [0.5, 0.6) is 0 Å². The van der Waals surface area contributed by atoms with Gasteiger partial charge in [-0.3, -0.25) is 0 Å². The molecule has 3 rings (SSSR count). The summed E-state index contributed by atoms with van der Waals surface area (Å²) in [5.74, 6) is 0. The normalized spacial score (nSPS) is 26.2. The minimum absolute atomic E-state index is 0.236. The largest absolute Gasteiger partial charge is 0.370 e. The zero-order valence-electron chi connectivity index (χ0n) is 12.2. The van der Waals surface area contributed by atoms with Crippen LogP contribution in [0.1, 0.15) is 57.1 Å². The van der Waals surface area contributed by atoms with E-state index in [1.165, 1.54) is 44.1 Å². The summed E-state index contributed by atoms with van der Waals surface area (Å²) in [7, 11) is 0. The van der Waals surface area contributed by atoms with Gasteiger partial charge in [0.05, 0.1) is 11.7 Å². The zero-order valence-corrected chi connectivity index (χ0v) is 13.0. The number of halogens is 1. The molecule has 110 valence electrons. The molecule has 1 aromatic rings. The zero-order chi connectivity index (χ0) is 14.0. The highest BCUT2D eigenvalue weighted by Gasteiger charge is 2.41. The molecule has 1 saturated heterocycles. The highest BCUT2D eigenvalue weighted by Crippen LogP contribution is 2.43. The van der Waals surface area contributed by atoms with Gasteiger partial charge in [0.1, 0.15) is 0 Å². The quantitative estimate of drug-likeness (QED) is 0.883. The van der Waals surface area contributed by atoms with E-state index in [0.29, 0.717) is 6.10 Å². The molecule has 1 aromatic carbocycles. The smallest absolute Gasteiger partial charge is 0.0708 e. The third-order valence-electron chi connectivity index (χ3n) is 4.88. The molecule has 2 atom stereocenters. The standard InChI is InChI=1S/C17H24ClNO/c1-13(15-6-2-3-7-16(15)18)19-12-14-8-11-17(20-14)9-4-5-10-17/h2-3,6-7,13-14,19H,4-5,8-12H2,1H3/t13-,14?/m1/s1. The van der Waals surface area contributed by atoms with Crippen molar-refractivity contribution in [1.29, 1.82) is 0 Å². The highest BCUT2D eigenvalue weighted by atomic mass is 35.5. The Bertz CT molecular complexity index is 456. The molecule has 0 amide bonds. The molecule has 3 heteroatoms. The van der Waals surface area contributed by atoms with E-state index in [9.17, 15) is 0 Å². The predicted octanol–water partition coefficient (Wildman–Crippen LogP) is 4.48. The number of hydrogen-bond acceptors (Lipinski definition) is 2. The second kappa shape index (κ2) is 6.05. The maximum absolute atomic E-state index is 6.33. The Morgan fingerprint density at radius 2 is 2.05 bits per heavy atom. The predicted molar refractivity (Wildman–Crippen MR) is 83.2 cm³/mol. The van der Waals surface area contributed by atoms with Gasteiger partial charge in [0.15, 0.2) is 0 Å². The molecule has 1 heterocycles. The van der Waals surface area contributed by atoms with Crippen LogP contribution in [0, 0.1) is 0 Å². The van der Waals surface area contributed by atoms with Gasteiger partial charge in [-0.05, 0) is 44.2 Å². The Balaban J connectivity index is 1.52. The topological polar surface area (TPSA) is 21.3 Å². The summed E-state index contributed by atoms with van der Waals surface area (Å²) in [4.78, 5) is 0. The van der Waals surface area contributed by atoms with Gasteiger partial charge in [0.25, 0.3) is 0 Å². The van der Waals surface area contributed by atoms with Crippen LogP contribution in [0.25, 0.3) is 0 Å². The van der Waals surface area contributed by atoms with Gasteiger partial charge in [-0.1, -0.05) is 42.6 Å². The lowest BCUT2D eigenvalue weighted by Gasteiger charge is -2.25. The first-order valence-electron chi connectivity index (χ1n) is 7.84. The van der Waals surface area contributed by atoms with Crippen LogP contribution in [-0.4, -0.2) is 18.2 Å². The molecule has 0 aromatic heterocycles. The van der Waals surface area contributed by atoms with Crippen LogP contribution in [0.4, 0.5) is 0 Å². The lowest BCUT2D eigenvalue weighted by Crippen LogP contribution is -2.32. The molecule has 20 heavy (non-hydrogen) atoms. The molecule has 1 aliphatic carbocycles. The van der Waals surface area contributed by atoms with E-state index >= 15 is 0 Å². The second-order valence-electron chi connectivity index (χ2n) is 6.32. The molecule has 2 fully saturated rings. The molecular weight excluding hydrogens is 270 g/mol. The van der Waals surface area contributed by atoms with Gasteiger partial charge >= 0.3 is 0 Å². The minimum atomic E-state index is 0.236. The van der Waals surface area contributed by atoms with E-state index in [0.717, 1.165) is 11.6 Å². The van der Waals surface area contributed by atoms with Crippen molar-refractivity contribution in [2.45, 2.75) is 63.2 Å². The van der Waals surface area contributed by atoms with Crippen molar-refractivity contribution in [1.82, 2.24) is 5.32 Å². The van der Waals surface area contributed by atoms with Crippen LogP contribution in [-0.2, 0) is 4.74 Å². The van der Waals surface area contributed by atoms with Crippen molar-refractivity contribution in [3.63, 3.8) is 0 Å². The summed E-state index contributed by atoms with van der Waals surface area (Å²) in [5, 5.41) is 4.42. The Kier molecular flexibility index (Phi) is 4.34. The van der Waals surface area contributed by atoms with Gasteiger partial charge in [-0.15, -0.1) is 0 Å². The fourth-order valence-corrected chi connectivity index (χ4v) is 3.97. The number of hydrogen-bond donors (Lipinski definition) is 1. The minimum Gasteiger partial charge on any atom is -0.370 e. The molecule has 2 nitrogen and oxygen atoms in total. The summed E-state index contributed by atoms with van der Waals surface area (Å²) in [6.07, 6.45) is 8.04. The molecule has 2 aliphatic rings. The molecule has 1 aliphatic heterocycles. The van der Waals surface area contributed by atoms with Crippen LogP contribution in [0.15, 0.2) is 24.3 Å². The van der Waals surface area contributed by atoms with Crippen LogP contribution in [0.2, 0.25) is 5.02 Å². The summed E-state index contributed by atoms with van der Waals surface area (Å²) < 4.78 is 6.33. The Hall–Kier alpha value is -0.570. The summed E-state index contributed by atoms with van der Waals surface area (Å²) >= 11 is 6.24. The molecule has 1 spiro atoms. The Morgan fingerprint density at radius 1 is 1.30 bits per heavy atom. The van der Waals surface area contributed by atoms with Gasteiger partial charge < -0.3 is 10.1 Å². The third kappa shape index (κ3) is 3.03. The van der Waals surface area contributed by atoms with E-state index in [1.54, 1.807) is 0 Å². The summed E-state index contributed by atoms with van der Waals surface area (Å²) in [6, 6.07) is 8.33. The summed E-state index contributed by atoms with van der Waals surface area (Å²) in [6.45, 7) is 3.09. The van der Waals surface area contributed by atoms with Crippen LogP contribution in [0.3, 0.4) is 0 Å². The Morgan fingerprint density at radius 3 is 2.80 bits per heavy atom. The van der Waals surface area contributed by atoms with Crippen molar-refractivity contribution in [3.8, 4) is 0 Å². The second-order valence-corrected chi connectivity index (χ2v) is 6.73. The maximum Gasteiger partial charge on any atom is 0.0708 e. The molecule has 0 bridgehead atoms. The average molecular weight is 294 g/mol. The van der Waals surface area contributed by atoms with E-state index in [-0.39, 0.29) is 11.6 Å². The first-order valence-corrected chi connectivity index (χ1v) is 8.22. The van der Waals surface area contributed by atoms with Crippen molar-refractivity contribution >= 4 is 11.6 Å². The fraction of sp³-hybridized carbons (Fsp3) is 0.647. The number of nitrogens with one attached hydrogen (secondary N) is 1. The van der Waals surface area contributed by atoms with E-state index in [2.05, 4.69) is 18.3 Å². The molecular formula is C17H24ClNO. The third-order valence-corrected chi connectivity index (χ3v) is 5.22. The van der Waals surface area contributed by atoms with Crippen molar-refractivity contribution < 1.29 is 4.74 Å². The SMILES string of the molecule is C[C@@H](NCC1CCC2(CCCC2)O1)c1ccccc1Cl. The van der Waals surface area contributed by atoms with E-state index in [4.69, 9.17) is 16.3 Å². The fourth-order valence-electron chi connectivity index (χ4n) is 3.67. The molecule has 0 radical (unpaired) electrons. The van der Waals surface area contributed by atoms with Crippen molar-refractivity contribution in [2.75, 3.05) is 6.54 Å². The van der Waals surface area contributed by atoms with Gasteiger partial charge in [-0.25, -0.2) is 0 Å². The first kappa shape index (κ1) is 14.4. The molecule has 1 N–H and O–H groups in total. The maximum atomic E-state index is 6.33. The monoisotopic (exact) mass is 293 g/mol. The van der Waals surface area contributed by atoms with E-state index < -0.39 is 0 Å². The Labute approximate surface area is 126 Å². The van der Waals surface area contributed by atoms with Gasteiger partial charge in [0.2, 0.25) is 0 Å². The molecule has 1 unspecified atom stereocenters. The van der Waals surface area contributed by atoms with E-state index in [1.807, 2.05) is 18.2 Å². The number of ether oxygens (including phenoxy) is 1. The lowest BCUT2D eigenvalue weighted by atomic mass is 9.98. The van der Waals surface area contributed by atoms with Crippen molar-refractivity contribution in [3.05, 3.63) is 34.9 Å². The van der Waals surface area contributed by atoms with Crippen molar-refractivity contribution in [2.24, 2.45) is 0 Å². The number of rotatable bonds is 4.